The van der Waals surface area contributed by atoms with E-state index >= 15 is 0 Å². The molecule has 0 radical (unpaired) electrons. The van der Waals surface area contributed by atoms with Gasteiger partial charge in [0.25, 0.3) is 0 Å². The molecule has 2 aromatic rings. The summed E-state index contributed by atoms with van der Waals surface area (Å²) in [6, 6.07) is 8.87. The average Bonchev–Trinajstić information content (AvgIpc) is 3.14. The topological polar surface area (TPSA) is 87.5 Å². The van der Waals surface area contributed by atoms with Gasteiger partial charge in [-0.05, 0) is 62.1 Å². The Balaban J connectivity index is 1.36. The largest absolute Gasteiger partial charge is 0.481 e. The van der Waals surface area contributed by atoms with Gasteiger partial charge in [-0.25, -0.2) is 4.39 Å². The standard InChI is InChI=1S/C23H29FN4O3/c1-27-21(12-20(26-27)15-5-7-17(24)8-6-15)19-14-28-10-9-16(19)11-18(28)13-25-22(29)3-2-4-23(30)31/h5-8,12,16,18-19H,2-4,9-11,13-14H2,1H3,(H,25,29)(H,30,31)/t16-,18+,19+/m0/s1. The van der Waals surface area contributed by atoms with Crippen LogP contribution in [0.15, 0.2) is 30.3 Å². The maximum absolute atomic E-state index is 13.2. The molecule has 5 rings (SSSR count). The van der Waals surface area contributed by atoms with Crippen molar-refractivity contribution in [2.45, 2.75) is 44.1 Å². The first-order chi connectivity index (χ1) is 14.9. The first kappa shape index (κ1) is 21.5. The van der Waals surface area contributed by atoms with Gasteiger partial charge < -0.3 is 10.4 Å². The Morgan fingerprint density at radius 3 is 2.71 bits per heavy atom. The third kappa shape index (κ3) is 4.95. The maximum Gasteiger partial charge on any atom is 0.303 e. The van der Waals surface area contributed by atoms with Crippen molar-refractivity contribution in [3.8, 4) is 11.3 Å². The minimum absolute atomic E-state index is 0.0251. The quantitative estimate of drug-likeness (QED) is 0.675. The molecule has 1 aromatic carbocycles. The Morgan fingerprint density at radius 1 is 1.26 bits per heavy atom. The Kier molecular flexibility index (Phi) is 6.36. The summed E-state index contributed by atoms with van der Waals surface area (Å²) in [7, 11) is 1.97. The van der Waals surface area contributed by atoms with E-state index in [-0.39, 0.29) is 24.6 Å². The van der Waals surface area contributed by atoms with Gasteiger partial charge in [-0.2, -0.15) is 5.10 Å². The predicted molar refractivity (Wildman–Crippen MR) is 114 cm³/mol. The van der Waals surface area contributed by atoms with Crippen molar-refractivity contribution in [3.05, 3.63) is 41.8 Å². The van der Waals surface area contributed by atoms with Crippen molar-refractivity contribution in [2.24, 2.45) is 13.0 Å². The zero-order valence-corrected chi connectivity index (χ0v) is 17.8. The molecule has 2 N–H and O–H groups in total. The summed E-state index contributed by atoms with van der Waals surface area (Å²) in [5, 5.41) is 16.3. The molecule has 0 saturated carbocycles. The van der Waals surface area contributed by atoms with Crippen molar-refractivity contribution in [2.75, 3.05) is 19.6 Å². The molecule has 0 aliphatic carbocycles. The first-order valence-corrected chi connectivity index (χ1v) is 10.9. The lowest BCUT2D eigenvalue weighted by atomic mass is 9.74. The van der Waals surface area contributed by atoms with Crippen LogP contribution in [0.1, 0.15) is 43.7 Å². The van der Waals surface area contributed by atoms with Crippen LogP contribution in [0.2, 0.25) is 0 Å². The number of benzene rings is 1. The highest BCUT2D eigenvalue weighted by molar-refractivity contribution is 5.76. The van der Waals surface area contributed by atoms with Gasteiger partial charge >= 0.3 is 5.97 Å². The molecule has 166 valence electrons. The normalized spacial score (nSPS) is 24.8. The van der Waals surface area contributed by atoms with Crippen molar-refractivity contribution < 1.29 is 19.1 Å². The van der Waals surface area contributed by atoms with E-state index in [1.54, 1.807) is 12.1 Å². The van der Waals surface area contributed by atoms with Gasteiger partial charge in [-0.1, -0.05) is 0 Å². The molecule has 7 nitrogen and oxygen atoms in total. The minimum Gasteiger partial charge on any atom is -0.481 e. The van der Waals surface area contributed by atoms with E-state index in [1.165, 1.54) is 17.8 Å². The maximum atomic E-state index is 13.2. The SMILES string of the molecule is Cn1nc(-c2ccc(F)cc2)cc1[C@@H]1CN2CC[C@H]1C[C@@H]2CNC(=O)CCCC(=O)O. The molecule has 1 unspecified atom stereocenters. The molecule has 3 saturated heterocycles. The number of nitrogens with one attached hydrogen (secondary N) is 1. The highest BCUT2D eigenvalue weighted by Gasteiger charge is 2.41. The van der Waals surface area contributed by atoms with Crippen LogP contribution in [0.25, 0.3) is 11.3 Å². The molecular weight excluding hydrogens is 399 g/mol. The van der Waals surface area contributed by atoms with Crippen LogP contribution in [-0.4, -0.2) is 57.3 Å². The lowest BCUT2D eigenvalue weighted by Gasteiger charge is -2.50. The fourth-order valence-corrected chi connectivity index (χ4v) is 5.00. The van der Waals surface area contributed by atoms with E-state index in [9.17, 15) is 14.0 Å². The third-order valence-corrected chi connectivity index (χ3v) is 6.64. The van der Waals surface area contributed by atoms with Gasteiger partial charge in [0, 0.05) is 56.2 Å². The lowest BCUT2D eigenvalue weighted by Crippen LogP contribution is -2.56. The number of hydrogen-bond acceptors (Lipinski definition) is 4. The molecule has 3 fully saturated rings. The summed E-state index contributed by atoms with van der Waals surface area (Å²) < 4.78 is 15.2. The third-order valence-electron chi connectivity index (χ3n) is 6.64. The van der Waals surface area contributed by atoms with Crippen molar-refractivity contribution in [1.29, 1.82) is 0 Å². The number of carbonyl (C=O) groups is 2. The Labute approximate surface area is 181 Å². The second-order valence-electron chi connectivity index (χ2n) is 8.68. The summed E-state index contributed by atoms with van der Waals surface area (Å²) in [5.41, 5.74) is 2.97. The van der Waals surface area contributed by atoms with Crippen LogP contribution < -0.4 is 5.32 Å². The van der Waals surface area contributed by atoms with Crippen LogP contribution >= 0.6 is 0 Å². The number of nitrogens with zero attached hydrogens (tertiary/aromatic N) is 3. The molecule has 1 aromatic heterocycles. The van der Waals surface area contributed by atoms with Crippen molar-refractivity contribution in [3.63, 3.8) is 0 Å². The summed E-state index contributed by atoms with van der Waals surface area (Å²) in [4.78, 5) is 25.0. The number of piperidine rings is 3. The number of carboxylic acid groups (broad SMARTS) is 1. The zero-order chi connectivity index (χ0) is 22.0. The average molecular weight is 429 g/mol. The lowest BCUT2D eigenvalue weighted by molar-refractivity contribution is -0.137. The molecule has 3 aliphatic heterocycles. The van der Waals surface area contributed by atoms with Gasteiger partial charge in [0.2, 0.25) is 5.91 Å². The highest BCUT2D eigenvalue weighted by Crippen LogP contribution is 2.42. The fourth-order valence-electron chi connectivity index (χ4n) is 5.00. The number of amides is 1. The zero-order valence-electron chi connectivity index (χ0n) is 17.8. The summed E-state index contributed by atoms with van der Waals surface area (Å²) in [6.07, 6.45) is 2.81. The molecule has 0 spiro atoms. The summed E-state index contributed by atoms with van der Waals surface area (Å²) in [5.74, 6) is -0.265. The van der Waals surface area contributed by atoms with E-state index in [4.69, 9.17) is 5.11 Å². The number of aromatic nitrogens is 2. The van der Waals surface area contributed by atoms with Crippen LogP contribution in [0.3, 0.4) is 0 Å². The Bertz CT molecular complexity index is 943. The van der Waals surface area contributed by atoms with E-state index in [1.807, 2.05) is 11.7 Å². The van der Waals surface area contributed by atoms with E-state index < -0.39 is 5.97 Å². The minimum atomic E-state index is -0.868. The number of fused-ring (bicyclic) bond motifs is 3. The molecule has 4 atom stereocenters. The Morgan fingerprint density at radius 2 is 2.03 bits per heavy atom. The van der Waals surface area contributed by atoms with Gasteiger partial charge in [-0.15, -0.1) is 0 Å². The van der Waals surface area contributed by atoms with Gasteiger partial charge in [0.15, 0.2) is 0 Å². The van der Waals surface area contributed by atoms with Crippen LogP contribution in [0.5, 0.6) is 0 Å². The number of hydrogen-bond donors (Lipinski definition) is 2. The molecule has 4 heterocycles. The van der Waals surface area contributed by atoms with Crippen LogP contribution in [-0.2, 0) is 16.6 Å². The molecule has 8 heteroatoms. The van der Waals surface area contributed by atoms with Gasteiger partial charge in [-0.3, -0.25) is 19.2 Å². The second kappa shape index (κ2) is 9.18. The van der Waals surface area contributed by atoms with Crippen molar-refractivity contribution in [1.82, 2.24) is 20.0 Å². The van der Waals surface area contributed by atoms with Crippen LogP contribution in [0.4, 0.5) is 4.39 Å². The van der Waals surface area contributed by atoms with Gasteiger partial charge in [0.1, 0.15) is 5.82 Å². The fraction of sp³-hybridized carbons (Fsp3) is 0.522. The van der Waals surface area contributed by atoms with E-state index in [2.05, 4.69) is 21.4 Å². The second-order valence-corrected chi connectivity index (χ2v) is 8.68. The Hall–Kier alpha value is -2.74. The summed E-state index contributed by atoms with van der Waals surface area (Å²) >= 11 is 0. The molecule has 31 heavy (non-hydrogen) atoms. The number of halogens is 1. The van der Waals surface area contributed by atoms with Crippen molar-refractivity contribution >= 4 is 11.9 Å². The molecule has 3 aliphatic rings. The number of carbonyl (C=O) groups excluding carboxylic acids is 1. The van der Waals surface area contributed by atoms with E-state index in [0.29, 0.717) is 30.8 Å². The van der Waals surface area contributed by atoms with Gasteiger partial charge in [0.05, 0.1) is 5.69 Å². The monoisotopic (exact) mass is 428 g/mol. The number of aryl methyl sites for hydroxylation is 1. The molecule has 2 bridgehead atoms. The predicted octanol–water partition coefficient (Wildman–Crippen LogP) is 2.78. The first-order valence-electron chi connectivity index (χ1n) is 10.9. The molecular formula is C23H29FN4O3. The van der Waals surface area contributed by atoms with Crippen LogP contribution in [0, 0.1) is 11.7 Å². The van der Waals surface area contributed by atoms with E-state index in [0.717, 1.165) is 37.2 Å². The number of carboxylic acids is 1. The smallest absolute Gasteiger partial charge is 0.303 e. The number of aliphatic carboxylic acids is 1. The molecule has 1 amide bonds. The summed E-state index contributed by atoms with van der Waals surface area (Å²) in [6.45, 7) is 2.58. The highest BCUT2D eigenvalue weighted by atomic mass is 19.1. The number of rotatable bonds is 8.